The fourth-order valence-corrected chi connectivity index (χ4v) is 5.26. The van der Waals surface area contributed by atoms with Gasteiger partial charge in [-0.1, -0.05) is 76.2 Å². The van der Waals surface area contributed by atoms with Crippen LogP contribution in [-0.2, 0) is 5.41 Å². The van der Waals surface area contributed by atoms with E-state index in [2.05, 4.69) is 94.4 Å². The van der Waals surface area contributed by atoms with Crippen molar-refractivity contribution in [2.75, 3.05) is 0 Å². The molecule has 5 aromatic rings. The monoisotopic (exact) mass is 403 g/mol. The highest BCUT2D eigenvalue weighted by atomic mass is 16.3. The van der Waals surface area contributed by atoms with Gasteiger partial charge in [-0.2, -0.15) is 0 Å². The first-order valence-corrected chi connectivity index (χ1v) is 11.0. The van der Waals surface area contributed by atoms with Gasteiger partial charge in [0.2, 0.25) is 0 Å². The van der Waals surface area contributed by atoms with Crippen LogP contribution in [0.3, 0.4) is 0 Å². The van der Waals surface area contributed by atoms with Crippen molar-refractivity contribution < 1.29 is 4.42 Å². The molecule has 152 valence electrons. The number of hydrogen-bond acceptors (Lipinski definition) is 2. The lowest BCUT2D eigenvalue weighted by Crippen LogP contribution is -2.16. The van der Waals surface area contributed by atoms with Crippen LogP contribution in [0.15, 0.2) is 77.2 Å². The first-order valence-electron chi connectivity index (χ1n) is 11.0. The maximum Gasteiger partial charge on any atom is 0.139 e. The van der Waals surface area contributed by atoms with Crippen LogP contribution in [0.5, 0.6) is 0 Å². The quantitative estimate of drug-likeness (QED) is 0.298. The number of nitrogens with zero attached hydrogens (tertiary/aromatic N) is 1. The van der Waals surface area contributed by atoms with Crippen LogP contribution >= 0.6 is 0 Å². The molecule has 31 heavy (non-hydrogen) atoms. The molecule has 0 unspecified atom stereocenters. The molecule has 2 nitrogen and oxygen atoms in total. The van der Waals surface area contributed by atoms with Gasteiger partial charge in [-0.25, -0.2) is 4.98 Å². The Balaban J connectivity index is 1.57. The van der Waals surface area contributed by atoms with Crippen molar-refractivity contribution in [1.29, 1.82) is 0 Å². The molecule has 2 heterocycles. The van der Waals surface area contributed by atoms with Crippen molar-refractivity contribution in [2.45, 2.75) is 39.0 Å². The number of hydrogen-bond donors (Lipinski definition) is 0. The summed E-state index contributed by atoms with van der Waals surface area (Å²) in [6, 6.07) is 25.9. The van der Waals surface area contributed by atoms with Crippen LogP contribution < -0.4 is 0 Å². The molecule has 1 aliphatic carbocycles. The normalized spacial score (nSPS) is 14.4. The minimum Gasteiger partial charge on any atom is -0.456 e. The van der Waals surface area contributed by atoms with E-state index in [1.54, 1.807) is 0 Å². The molecule has 0 radical (unpaired) electrons. The summed E-state index contributed by atoms with van der Waals surface area (Å²) in [5, 5.41) is 2.40. The molecule has 0 atom stereocenters. The molecule has 0 aliphatic heterocycles. The predicted octanol–water partition coefficient (Wildman–Crippen LogP) is 8.08. The average Bonchev–Trinajstić information content (AvgIpc) is 3.27. The van der Waals surface area contributed by atoms with E-state index in [1.807, 2.05) is 6.07 Å². The van der Waals surface area contributed by atoms with Gasteiger partial charge in [-0.15, -0.1) is 0 Å². The van der Waals surface area contributed by atoms with Gasteiger partial charge in [-0.05, 0) is 41.3 Å². The minimum absolute atomic E-state index is 0.161. The van der Waals surface area contributed by atoms with Crippen molar-refractivity contribution in [1.82, 2.24) is 4.98 Å². The maximum absolute atomic E-state index is 6.35. The Bertz CT molecular complexity index is 1490. The number of rotatable bonds is 2. The molecule has 0 bridgehead atoms. The number of aromatic nitrogens is 1. The molecule has 0 amide bonds. The van der Waals surface area contributed by atoms with E-state index >= 15 is 0 Å². The van der Waals surface area contributed by atoms with Crippen molar-refractivity contribution in [3.63, 3.8) is 0 Å². The van der Waals surface area contributed by atoms with E-state index in [1.165, 1.54) is 38.6 Å². The Morgan fingerprint density at radius 2 is 1.61 bits per heavy atom. The van der Waals surface area contributed by atoms with Crippen LogP contribution in [0.25, 0.3) is 44.5 Å². The summed E-state index contributed by atoms with van der Waals surface area (Å²) in [4.78, 5) is 5.07. The molecule has 2 aromatic heterocycles. The van der Waals surface area contributed by atoms with Gasteiger partial charge in [0.15, 0.2) is 0 Å². The van der Waals surface area contributed by atoms with E-state index < -0.39 is 0 Å². The van der Waals surface area contributed by atoms with E-state index in [0.717, 1.165) is 22.6 Å². The van der Waals surface area contributed by atoms with E-state index in [-0.39, 0.29) is 5.41 Å². The molecule has 0 N–H and O–H groups in total. The highest BCUT2D eigenvalue weighted by molar-refractivity contribution is 5.97. The fraction of sp³-hybridized carbons (Fsp3) is 0.207. The first-order chi connectivity index (χ1) is 14.9. The number of pyridine rings is 1. The van der Waals surface area contributed by atoms with E-state index in [4.69, 9.17) is 9.40 Å². The van der Waals surface area contributed by atoms with Gasteiger partial charge in [-0.3, -0.25) is 0 Å². The Morgan fingerprint density at radius 1 is 0.806 bits per heavy atom. The summed E-state index contributed by atoms with van der Waals surface area (Å²) < 4.78 is 6.35. The summed E-state index contributed by atoms with van der Waals surface area (Å²) >= 11 is 0. The summed E-state index contributed by atoms with van der Waals surface area (Å²) in [5.41, 5.74) is 9.17. The third-order valence-electron chi connectivity index (χ3n) is 6.81. The smallest absolute Gasteiger partial charge is 0.139 e. The second-order valence-electron chi connectivity index (χ2n) is 9.46. The van der Waals surface area contributed by atoms with Crippen LogP contribution in [0.2, 0.25) is 0 Å². The second kappa shape index (κ2) is 6.31. The summed E-state index contributed by atoms with van der Waals surface area (Å²) in [5.74, 6) is 1.52. The largest absolute Gasteiger partial charge is 0.456 e. The van der Waals surface area contributed by atoms with Gasteiger partial charge in [0.25, 0.3) is 0 Å². The Kier molecular flexibility index (Phi) is 3.74. The Labute approximate surface area is 182 Å². The molecule has 2 heteroatoms. The van der Waals surface area contributed by atoms with Crippen LogP contribution in [-0.4, -0.2) is 4.98 Å². The van der Waals surface area contributed by atoms with E-state index in [0.29, 0.717) is 5.92 Å². The third kappa shape index (κ3) is 2.54. The molecule has 0 saturated heterocycles. The Morgan fingerprint density at radius 3 is 2.45 bits per heavy atom. The van der Waals surface area contributed by atoms with Crippen LogP contribution in [0.4, 0.5) is 0 Å². The highest BCUT2D eigenvalue weighted by Gasteiger charge is 2.42. The molecule has 6 rings (SSSR count). The summed E-state index contributed by atoms with van der Waals surface area (Å²) in [6.45, 7) is 9.06. The van der Waals surface area contributed by atoms with Crippen LogP contribution in [0.1, 0.15) is 50.3 Å². The zero-order valence-electron chi connectivity index (χ0n) is 18.4. The number of benzene rings is 3. The minimum atomic E-state index is -0.161. The Hall–Kier alpha value is -3.39. The molecule has 0 saturated carbocycles. The maximum atomic E-state index is 6.35. The van der Waals surface area contributed by atoms with Gasteiger partial charge in [0.05, 0.1) is 11.2 Å². The van der Waals surface area contributed by atoms with Gasteiger partial charge in [0.1, 0.15) is 11.3 Å². The summed E-state index contributed by atoms with van der Waals surface area (Å²) in [7, 11) is 0. The molecular weight excluding hydrogens is 378 g/mol. The standard InChI is InChI=1S/C29H25NO/c1-17(2)18-12-14-23-19(16-18)13-15-24(30-23)20-9-7-10-22-26(20)29(3,4)27-21-8-5-6-11-25(21)31-28(22)27/h5-17H,1-4H3. The number of fused-ring (bicyclic) bond motifs is 6. The highest BCUT2D eigenvalue weighted by Crippen LogP contribution is 2.55. The number of para-hydroxylation sites is 1. The van der Waals surface area contributed by atoms with Gasteiger partial charge < -0.3 is 4.42 Å². The second-order valence-corrected chi connectivity index (χ2v) is 9.46. The van der Waals surface area contributed by atoms with Crippen molar-refractivity contribution in [3.8, 4) is 22.6 Å². The third-order valence-corrected chi connectivity index (χ3v) is 6.81. The zero-order chi connectivity index (χ0) is 21.3. The molecule has 1 aliphatic rings. The topological polar surface area (TPSA) is 26.0 Å². The van der Waals surface area contributed by atoms with Crippen molar-refractivity contribution in [3.05, 3.63) is 89.5 Å². The van der Waals surface area contributed by atoms with Crippen molar-refractivity contribution >= 4 is 21.9 Å². The van der Waals surface area contributed by atoms with Crippen molar-refractivity contribution in [2.24, 2.45) is 0 Å². The lowest BCUT2D eigenvalue weighted by atomic mass is 9.78. The molecular formula is C29H25NO. The molecule has 3 aromatic carbocycles. The average molecular weight is 404 g/mol. The summed E-state index contributed by atoms with van der Waals surface area (Å²) in [6.07, 6.45) is 0. The molecule has 0 spiro atoms. The van der Waals surface area contributed by atoms with Gasteiger partial charge >= 0.3 is 0 Å². The SMILES string of the molecule is CC(C)c1ccc2nc(-c3cccc4c3C(C)(C)c3c-4oc4ccccc34)ccc2c1. The zero-order valence-corrected chi connectivity index (χ0v) is 18.4. The fourth-order valence-electron chi connectivity index (χ4n) is 5.26. The lowest BCUT2D eigenvalue weighted by Gasteiger charge is -2.24. The van der Waals surface area contributed by atoms with E-state index in [9.17, 15) is 0 Å². The molecule has 0 fully saturated rings. The van der Waals surface area contributed by atoms with Crippen LogP contribution in [0, 0.1) is 0 Å². The first kappa shape index (κ1) is 18.4. The predicted molar refractivity (Wildman–Crippen MR) is 129 cm³/mol. The lowest BCUT2D eigenvalue weighted by molar-refractivity contribution is 0.619. The number of furan rings is 1. The van der Waals surface area contributed by atoms with Gasteiger partial charge in [0, 0.05) is 32.9 Å².